The molecule has 0 aliphatic heterocycles. The number of aryl methyl sites for hydroxylation is 1. The van der Waals surface area contributed by atoms with Crippen LogP contribution in [0.3, 0.4) is 0 Å². The highest BCUT2D eigenvalue weighted by molar-refractivity contribution is 7.89. The largest absolute Gasteiger partial charge is 0.326 e. The van der Waals surface area contributed by atoms with Crippen LogP contribution in [0.15, 0.2) is 35.5 Å². The molecule has 6 nitrogen and oxygen atoms in total. The molecule has 0 unspecified atom stereocenters. The summed E-state index contributed by atoms with van der Waals surface area (Å²) in [5.74, 6) is -0.797. The van der Waals surface area contributed by atoms with Gasteiger partial charge in [-0.25, -0.2) is 17.5 Å². The molecule has 0 saturated heterocycles. The van der Waals surface area contributed by atoms with Crippen molar-refractivity contribution in [3.05, 3.63) is 47.5 Å². The Kier molecular flexibility index (Phi) is 4.71. The standard InChI is InChI=1S/C13H17FN4O2S/c1-10-8-16-18(9-10)5-4-17-21(19,20)13-6-11(7-15)2-3-12(13)14/h2-3,6,8-9,17H,4-5,7,15H2,1H3. The molecule has 0 spiro atoms. The van der Waals surface area contributed by atoms with Gasteiger partial charge in [-0.1, -0.05) is 6.07 Å². The molecule has 1 aromatic carbocycles. The monoisotopic (exact) mass is 312 g/mol. The molecule has 0 aliphatic carbocycles. The van der Waals surface area contributed by atoms with E-state index in [2.05, 4.69) is 9.82 Å². The molecule has 2 rings (SSSR count). The molecule has 114 valence electrons. The number of hydrogen-bond acceptors (Lipinski definition) is 4. The van der Waals surface area contributed by atoms with Crippen LogP contribution < -0.4 is 10.5 Å². The lowest BCUT2D eigenvalue weighted by Gasteiger charge is -2.09. The van der Waals surface area contributed by atoms with E-state index in [1.54, 1.807) is 17.1 Å². The quantitative estimate of drug-likeness (QED) is 0.824. The summed E-state index contributed by atoms with van der Waals surface area (Å²) in [4.78, 5) is -0.387. The first kappa shape index (κ1) is 15.6. The number of nitrogens with zero attached hydrogens (tertiary/aromatic N) is 2. The van der Waals surface area contributed by atoms with Crippen LogP contribution in [-0.2, 0) is 23.1 Å². The molecule has 0 saturated carbocycles. The van der Waals surface area contributed by atoms with Gasteiger partial charge in [0.05, 0.1) is 12.7 Å². The van der Waals surface area contributed by atoms with Gasteiger partial charge in [-0.3, -0.25) is 4.68 Å². The van der Waals surface area contributed by atoms with Gasteiger partial charge in [-0.2, -0.15) is 5.10 Å². The minimum atomic E-state index is -3.91. The Morgan fingerprint density at radius 1 is 1.43 bits per heavy atom. The van der Waals surface area contributed by atoms with E-state index in [4.69, 9.17) is 5.73 Å². The number of benzene rings is 1. The number of nitrogens with one attached hydrogen (secondary N) is 1. The number of nitrogens with two attached hydrogens (primary N) is 1. The zero-order chi connectivity index (χ0) is 15.5. The van der Waals surface area contributed by atoms with E-state index in [-0.39, 0.29) is 18.0 Å². The third-order valence-electron chi connectivity index (χ3n) is 2.92. The van der Waals surface area contributed by atoms with Crippen molar-refractivity contribution in [2.75, 3.05) is 6.54 Å². The van der Waals surface area contributed by atoms with Crippen LogP contribution in [-0.4, -0.2) is 24.7 Å². The van der Waals surface area contributed by atoms with Gasteiger partial charge < -0.3 is 5.73 Å². The lowest BCUT2D eigenvalue weighted by molar-refractivity contribution is 0.544. The molecular weight excluding hydrogens is 295 g/mol. The van der Waals surface area contributed by atoms with Gasteiger partial charge >= 0.3 is 0 Å². The third kappa shape index (κ3) is 3.87. The zero-order valence-electron chi connectivity index (χ0n) is 11.6. The van der Waals surface area contributed by atoms with Gasteiger partial charge in [0.25, 0.3) is 0 Å². The van der Waals surface area contributed by atoms with E-state index in [0.29, 0.717) is 12.1 Å². The van der Waals surface area contributed by atoms with Gasteiger partial charge in [0, 0.05) is 19.3 Å². The van der Waals surface area contributed by atoms with Crippen LogP contribution in [0.1, 0.15) is 11.1 Å². The fraction of sp³-hybridized carbons (Fsp3) is 0.308. The van der Waals surface area contributed by atoms with E-state index >= 15 is 0 Å². The summed E-state index contributed by atoms with van der Waals surface area (Å²) in [6.45, 7) is 2.53. The second kappa shape index (κ2) is 6.33. The fourth-order valence-electron chi connectivity index (χ4n) is 1.84. The topological polar surface area (TPSA) is 90.0 Å². The molecule has 0 fully saturated rings. The van der Waals surface area contributed by atoms with Crippen LogP contribution in [0, 0.1) is 12.7 Å². The van der Waals surface area contributed by atoms with E-state index in [1.165, 1.54) is 12.1 Å². The van der Waals surface area contributed by atoms with Gasteiger partial charge in [0.2, 0.25) is 10.0 Å². The summed E-state index contributed by atoms with van der Waals surface area (Å²) in [6, 6.07) is 3.81. The van der Waals surface area contributed by atoms with Crippen LogP contribution in [0.5, 0.6) is 0 Å². The zero-order valence-corrected chi connectivity index (χ0v) is 12.4. The maximum Gasteiger partial charge on any atom is 0.243 e. The molecule has 1 aromatic heterocycles. The highest BCUT2D eigenvalue weighted by atomic mass is 32.2. The minimum Gasteiger partial charge on any atom is -0.326 e. The minimum absolute atomic E-state index is 0.121. The van der Waals surface area contributed by atoms with E-state index < -0.39 is 15.8 Å². The number of hydrogen-bond donors (Lipinski definition) is 2. The normalized spacial score (nSPS) is 11.8. The lowest BCUT2D eigenvalue weighted by atomic mass is 10.2. The Bertz CT molecular complexity index is 728. The molecule has 2 aromatic rings. The van der Waals surface area contributed by atoms with E-state index in [1.807, 2.05) is 6.92 Å². The van der Waals surface area contributed by atoms with Crippen molar-refractivity contribution in [2.45, 2.75) is 24.9 Å². The number of sulfonamides is 1. The molecule has 0 amide bonds. The maximum atomic E-state index is 13.7. The molecule has 21 heavy (non-hydrogen) atoms. The molecule has 1 heterocycles. The summed E-state index contributed by atoms with van der Waals surface area (Å²) in [7, 11) is -3.91. The van der Waals surface area contributed by atoms with Crippen LogP contribution in [0.2, 0.25) is 0 Å². The van der Waals surface area contributed by atoms with Crippen molar-refractivity contribution in [1.82, 2.24) is 14.5 Å². The van der Waals surface area contributed by atoms with E-state index in [0.717, 1.165) is 11.6 Å². The average Bonchev–Trinajstić information content (AvgIpc) is 2.84. The first-order valence-corrected chi connectivity index (χ1v) is 7.88. The highest BCUT2D eigenvalue weighted by Gasteiger charge is 2.19. The van der Waals surface area contributed by atoms with Crippen molar-refractivity contribution in [1.29, 1.82) is 0 Å². The second-order valence-corrected chi connectivity index (χ2v) is 6.38. The molecule has 3 N–H and O–H groups in total. The van der Waals surface area contributed by atoms with Crippen molar-refractivity contribution in [2.24, 2.45) is 5.73 Å². The molecule has 0 aliphatic rings. The second-order valence-electron chi connectivity index (χ2n) is 4.65. The van der Waals surface area contributed by atoms with Crippen molar-refractivity contribution in [3.8, 4) is 0 Å². The molecular formula is C13H17FN4O2S. The van der Waals surface area contributed by atoms with Gasteiger partial charge in [-0.05, 0) is 30.2 Å². The fourth-order valence-corrected chi connectivity index (χ4v) is 2.99. The number of rotatable bonds is 6. The van der Waals surface area contributed by atoms with Crippen molar-refractivity contribution >= 4 is 10.0 Å². The Hall–Kier alpha value is -1.77. The van der Waals surface area contributed by atoms with Crippen LogP contribution in [0.4, 0.5) is 4.39 Å². The Morgan fingerprint density at radius 3 is 2.81 bits per heavy atom. The third-order valence-corrected chi connectivity index (χ3v) is 4.39. The Morgan fingerprint density at radius 2 is 2.19 bits per heavy atom. The van der Waals surface area contributed by atoms with Crippen molar-refractivity contribution in [3.63, 3.8) is 0 Å². The van der Waals surface area contributed by atoms with E-state index in [9.17, 15) is 12.8 Å². The smallest absolute Gasteiger partial charge is 0.243 e. The molecule has 0 atom stereocenters. The molecule has 0 radical (unpaired) electrons. The van der Waals surface area contributed by atoms with Crippen LogP contribution >= 0.6 is 0 Å². The predicted octanol–water partition coefficient (Wildman–Crippen LogP) is 0.768. The first-order chi connectivity index (χ1) is 9.92. The number of aromatic nitrogens is 2. The predicted molar refractivity (Wildman–Crippen MR) is 76.4 cm³/mol. The first-order valence-electron chi connectivity index (χ1n) is 6.39. The maximum absolute atomic E-state index is 13.7. The SMILES string of the molecule is Cc1cnn(CCNS(=O)(=O)c2cc(CN)ccc2F)c1. The summed E-state index contributed by atoms with van der Waals surface area (Å²) < 4.78 is 41.8. The average molecular weight is 312 g/mol. The Labute approximate surface area is 122 Å². The van der Waals surface area contributed by atoms with Crippen LogP contribution in [0.25, 0.3) is 0 Å². The van der Waals surface area contributed by atoms with Crippen molar-refractivity contribution < 1.29 is 12.8 Å². The van der Waals surface area contributed by atoms with Gasteiger partial charge in [0.15, 0.2) is 0 Å². The van der Waals surface area contributed by atoms with Gasteiger partial charge in [-0.15, -0.1) is 0 Å². The molecule has 0 bridgehead atoms. The van der Waals surface area contributed by atoms with Gasteiger partial charge in [0.1, 0.15) is 10.7 Å². The molecule has 8 heteroatoms. The number of halogens is 1. The Balaban J connectivity index is 2.07. The lowest BCUT2D eigenvalue weighted by Crippen LogP contribution is -2.28. The summed E-state index contributed by atoms with van der Waals surface area (Å²) in [6.07, 6.45) is 3.48. The summed E-state index contributed by atoms with van der Waals surface area (Å²) in [5, 5.41) is 4.04. The summed E-state index contributed by atoms with van der Waals surface area (Å²) in [5.41, 5.74) is 6.98. The highest BCUT2D eigenvalue weighted by Crippen LogP contribution is 2.16. The summed E-state index contributed by atoms with van der Waals surface area (Å²) >= 11 is 0.